The summed E-state index contributed by atoms with van der Waals surface area (Å²) in [6.45, 7) is 7.03. The van der Waals surface area contributed by atoms with Crippen molar-refractivity contribution in [1.29, 1.82) is 5.26 Å². The molecule has 0 heterocycles. The summed E-state index contributed by atoms with van der Waals surface area (Å²) >= 11 is 12.1. The number of benzene rings is 2. The fraction of sp³-hybridized carbons (Fsp3) is 0.480. The fourth-order valence-corrected chi connectivity index (χ4v) is 5.47. The van der Waals surface area contributed by atoms with E-state index in [0.717, 1.165) is 29.7 Å². The molecule has 0 aliphatic heterocycles. The Morgan fingerprint density at radius 3 is 2.38 bits per heavy atom. The van der Waals surface area contributed by atoms with Crippen LogP contribution in [0.5, 0.6) is 11.5 Å². The highest BCUT2D eigenvalue weighted by atomic mass is 35.5. The van der Waals surface area contributed by atoms with E-state index in [1.165, 1.54) is 6.26 Å². The van der Waals surface area contributed by atoms with Crippen LogP contribution < -0.4 is 14.2 Å². The van der Waals surface area contributed by atoms with Crippen LogP contribution in [0, 0.1) is 16.7 Å². The lowest BCUT2D eigenvalue weighted by Crippen LogP contribution is -2.51. The summed E-state index contributed by atoms with van der Waals surface area (Å²) in [4.78, 5) is 0. The standard InChI is InChI=1S/C25H30Cl2N2O4S/c1-24(2,19-11-17(15-28)23(22(27)12-19)32-10-9-26)18-5-7-21(8-6-18)33-16-25(3)13-20(14-25)29-34(4,30)31/h5-8,11-12,20,29H,9-10,13-14,16H2,1-4H3/t20-,25-. The third kappa shape index (κ3) is 6.37. The van der Waals surface area contributed by atoms with Gasteiger partial charge in [-0.05, 0) is 48.2 Å². The molecule has 0 spiro atoms. The van der Waals surface area contributed by atoms with Crippen molar-refractivity contribution in [3.05, 3.63) is 58.1 Å². The molecule has 2 aromatic rings. The number of halogens is 2. The van der Waals surface area contributed by atoms with Crippen LogP contribution in [0.2, 0.25) is 5.02 Å². The van der Waals surface area contributed by atoms with Gasteiger partial charge in [-0.25, -0.2) is 13.1 Å². The van der Waals surface area contributed by atoms with Crippen LogP contribution >= 0.6 is 23.2 Å². The van der Waals surface area contributed by atoms with Crippen molar-refractivity contribution in [2.24, 2.45) is 5.41 Å². The van der Waals surface area contributed by atoms with Crippen molar-refractivity contribution in [2.75, 3.05) is 25.3 Å². The second kappa shape index (κ2) is 10.3. The van der Waals surface area contributed by atoms with Crippen molar-refractivity contribution in [3.8, 4) is 17.6 Å². The molecule has 0 aromatic heterocycles. The van der Waals surface area contributed by atoms with E-state index < -0.39 is 15.4 Å². The molecule has 0 saturated heterocycles. The Labute approximate surface area is 212 Å². The summed E-state index contributed by atoms with van der Waals surface area (Å²) < 4.78 is 37.0. The average Bonchev–Trinajstić information content (AvgIpc) is 2.74. The molecule has 0 radical (unpaired) electrons. The third-order valence-electron chi connectivity index (χ3n) is 6.23. The van der Waals surface area contributed by atoms with Gasteiger partial charge < -0.3 is 9.47 Å². The molecule has 1 fully saturated rings. The maximum Gasteiger partial charge on any atom is 0.208 e. The molecule has 0 unspecified atom stereocenters. The minimum atomic E-state index is -3.19. The van der Waals surface area contributed by atoms with Crippen molar-refractivity contribution in [3.63, 3.8) is 0 Å². The van der Waals surface area contributed by atoms with E-state index in [2.05, 4.69) is 31.6 Å². The SMILES string of the molecule is CC(C)(c1ccc(OC[C@]2(C)C[C@@H](NS(C)(=O)=O)C2)cc1)c1cc(Cl)c(OCCCl)c(C#N)c1. The van der Waals surface area contributed by atoms with Crippen molar-refractivity contribution in [2.45, 2.75) is 45.1 Å². The minimum Gasteiger partial charge on any atom is -0.493 e. The molecule has 1 N–H and O–H groups in total. The van der Waals surface area contributed by atoms with Gasteiger partial charge in [0, 0.05) is 16.9 Å². The van der Waals surface area contributed by atoms with E-state index >= 15 is 0 Å². The highest BCUT2D eigenvalue weighted by Gasteiger charge is 2.42. The van der Waals surface area contributed by atoms with Crippen LogP contribution in [-0.4, -0.2) is 39.8 Å². The summed E-state index contributed by atoms with van der Waals surface area (Å²) in [6.07, 6.45) is 2.68. The quantitative estimate of drug-likeness (QED) is 0.428. The van der Waals surface area contributed by atoms with E-state index in [4.69, 9.17) is 32.7 Å². The fourth-order valence-electron chi connectivity index (χ4n) is 4.35. The molecule has 9 heteroatoms. The number of hydrogen-bond acceptors (Lipinski definition) is 5. The van der Waals surface area contributed by atoms with Crippen LogP contribution in [0.15, 0.2) is 36.4 Å². The van der Waals surface area contributed by atoms with E-state index in [1.807, 2.05) is 30.3 Å². The number of hydrogen-bond donors (Lipinski definition) is 1. The number of sulfonamides is 1. The lowest BCUT2D eigenvalue weighted by Gasteiger charge is -2.44. The maximum atomic E-state index is 11.4. The van der Waals surface area contributed by atoms with E-state index in [1.54, 1.807) is 6.07 Å². The first-order chi connectivity index (χ1) is 15.9. The Hall–Kier alpha value is -1.98. The van der Waals surface area contributed by atoms with Crippen molar-refractivity contribution < 1.29 is 17.9 Å². The molecule has 6 nitrogen and oxygen atoms in total. The summed E-state index contributed by atoms with van der Waals surface area (Å²) in [5, 5.41) is 9.97. The monoisotopic (exact) mass is 524 g/mol. The first kappa shape index (κ1) is 26.6. The van der Waals surface area contributed by atoms with Crippen LogP contribution in [-0.2, 0) is 15.4 Å². The Bertz CT molecular complexity index is 1170. The molecule has 0 atom stereocenters. The highest BCUT2D eigenvalue weighted by molar-refractivity contribution is 7.88. The number of nitriles is 1. The minimum absolute atomic E-state index is 0.0244. The molecular formula is C25H30Cl2N2O4S. The van der Waals surface area contributed by atoms with E-state index in [0.29, 0.717) is 28.8 Å². The second-order valence-corrected chi connectivity index (χ2v) is 12.3. The van der Waals surface area contributed by atoms with Gasteiger partial charge in [-0.1, -0.05) is 44.5 Å². The van der Waals surface area contributed by atoms with Crippen LogP contribution in [0.4, 0.5) is 0 Å². The summed E-state index contributed by atoms with van der Waals surface area (Å²) in [7, 11) is -3.19. The molecule has 1 saturated carbocycles. The first-order valence-electron chi connectivity index (χ1n) is 11.0. The van der Waals surface area contributed by atoms with E-state index in [9.17, 15) is 13.7 Å². The largest absolute Gasteiger partial charge is 0.493 e. The van der Waals surface area contributed by atoms with Gasteiger partial charge in [0.05, 0.1) is 29.3 Å². The number of nitrogens with zero attached hydrogens (tertiary/aromatic N) is 1. The molecule has 0 bridgehead atoms. The molecule has 3 rings (SSSR count). The summed E-state index contributed by atoms with van der Waals surface area (Å²) in [6, 6.07) is 13.6. The Kier molecular flexibility index (Phi) is 8.09. The molecule has 1 aliphatic rings. The van der Waals surface area contributed by atoms with Gasteiger partial charge in [0.1, 0.15) is 18.4 Å². The highest BCUT2D eigenvalue weighted by Crippen LogP contribution is 2.42. The maximum absolute atomic E-state index is 11.4. The number of rotatable bonds is 10. The predicted octanol–water partition coefficient (Wildman–Crippen LogP) is 5.25. The predicted molar refractivity (Wildman–Crippen MR) is 136 cm³/mol. The van der Waals surface area contributed by atoms with E-state index in [-0.39, 0.29) is 18.1 Å². The van der Waals surface area contributed by atoms with Gasteiger partial charge in [0.15, 0.2) is 5.75 Å². The second-order valence-electron chi connectivity index (χ2n) is 9.73. The molecule has 184 valence electrons. The van der Waals surface area contributed by atoms with Gasteiger partial charge in [0.2, 0.25) is 10.0 Å². The van der Waals surface area contributed by atoms with Crippen LogP contribution in [0.3, 0.4) is 0 Å². The lowest BCUT2D eigenvalue weighted by atomic mass is 9.68. The number of alkyl halides is 1. The normalized spacial score (nSPS) is 20.3. The molecule has 2 aromatic carbocycles. The zero-order valence-electron chi connectivity index (χ0n) is 19.8. The number of ether oxygens (including phenoxy) is 2. The van der Waals surface area contributed by atoms with Gasteiger partial charge in [-0.15, -0.1) is 11.6 Å². The van der Waals surface area contributed by atoms with Crippen molar-refractivity contribution >= 4 is 33.2 Å². The summed E-state index contributed by atoms with van der Waals surface area (Å²) in [5.41, 5.74) is 1.84. The first-order valence-corrected chi connectivity index (χ1v) is 13.8. The molecule has 0 amide bonds. The zero-order valence-corrected chi connectivity index (χ0v) is 22.1. The smallest absolute Gasteiger partial charge is 0.208 e. The third-order valence-corrected chi connectivity index (χ3v) is 7.43. The van der Waals surface area contributed by atoms with Gasteiger partial charge in [-0.3, -0.25) is 0 Å². The van der Waals surface area contributed by atoms with Gasteiger partial charge in [0.25, 0.3) is 0 Å². The Morgan fingerprint density at radius 2 is 1.82 bits per heavy atom. The average molecular weight is 525 g/mol. The summed E-state index contributed by atoms with van der Waals surface area (Å²) in [5.74, 6) is 1.41. The Balaban J connectivity index is 1.68. The molecular weight excluding hydrogens is 495 g/mol. The Morgan fingerprint density at radius 1 is 1.18 bits per heavy atom. The topological polar surface area (TPSA) is 88.4 Å². The van der Waals surface area contributed by atoms with Crippen molar-refractivity contribution in [1.82, 2.24) is 4.72 Å². The van der Waals surface area contributed by atoms with Gasteiger partial charge >= 0.3 is 0 Å². The lowest BCUT2D eigenvalue weighted by molar-refractivity contribution is 0.0524. The van der Waals surface area contributed by atoms with Crippen LogP contribution in [0.1, 0.15) is 50.3 Å². The molecule has 1 aliphatic carbocycles. The van der Waals surface area contributed by atoms with Crippen LogP contribution in [0.25, 0.3) is 0 Å². The molecule has 34 heavy (non-hydrogen) atoms. The van der Waals surface area contributed by atoms with Gasteiger partial charge in [-0.2, -0.15) is 5.26 Å². The number of nitrogens with one attached hydrogen (secondary N) is 1. The zero-order chi connectivity index (χ0) is 25.1.